The van der Waals surface area contributed by atoms with E-state index in [1.807, 2.05) is 30.3 Å². The number of hydrogen-bond donors (Lipinski definition) is 3. The molecule has 8 nitrogen and oxygen atoms in total. The number of ether oxygens (including phenoxy) is 1. The molecule has 2 aromatic rings. The number of amides is 2. The van der Waals surface area contributed by atoms with Crippen molar-refractivity contribution in [2.24, 2.45) is 0 Å². The Bertz CT molecular complexity index is 995. The lowest BCUT2D eigenvalue weighted by Crippen LogP contribution is -2.35. The van der Waals surface area contributed by atoms with Crippen molar-refractivity contribution in [3.05, 3.63) is 65.7 Å². The monoisotopic (exact) mass is 526 g/mol. The zero-order valence-electron chi connectivity index (χ0n) is 21.8. The first-order valence-electron chi connectivity index (χ1n) is 12.8. The Balaban J connectivity index is 1.59. The summed E-state index contributed by atoms with van der Waals surface area (Å²) in [7, 11) is 0. The first-order chi connectivity index (χ1) is 17.9. The maximum absolute atomic E-state index is 12.3. The molecule has 0 aromatic heterocycles. The standard InChI is InChI=1S/C28H38N4O4S/c1-3-32(4-2)20-19-29-27(35)23-15-17-24(18-16-23)30-28(37)31-25(33)13-8-14-26(34)36-21-9-12-22-10-6-5-7-11-22/h5-7,10-11,15-18H,3-4,8-9,12-14,19-21H2,1-2H3,(H,29,35)(H2,30,31,33,37). The third kappa shape index (κ3) is 12.5. The van der Waals surface area contributed by atoms with Crippen LogP contribution < -0.4 is 16.0 Å². The second kappa shape index (κ2) is 17.2. The van der Waals surface area contributed by atoms with Gasteiger partial charge in [0.15, 0.2) is 5.11 Å². The Morgan fingerprint density at radius 3 is 2.30 bits per heavy atom. The van der Waals surface area contributed by atoms with Crippen LogP contribution in [0.2, 0.25) is 0 Å². The van der Waals surface area contributed by atoms with Crippen LogP contribution in [-0.4, -0.2) is 60.6 Å². The van der Waals surface area contributed by atoms with Gasteiger partial charge in [-0.1, -0.05) is 44.2 Å². The Labute approximate surface area is 225 Å². The Morgan fingerprint density at radius 1 is 0.919 bits per heavy atom. The number of anilines is 1. The highest BCUT2D eigenvalue weighted by molar-refractivity contribution is 7.80. The zero-order chi connectivity index (χ0) is 26.9. The summed E-state index contributed by atoms with van der Waals surface area (Å²) in [6, 6.07) is 16.9. The summed E-state index contributed by atoms with van der Waals surface area (Å²) in [4.78, 5) is 38.5. The molecule has 0 aliphatic rings. The molecular weight excluding hydrogens is 488 g/mol. The SMILES string of the molecule is CCN(CC)CCNC(=O)c1ccc(NC(=S)NC(=O)CCCC(=O)OCCCc2ccccc2)cc1. The van der Waals surface area contributed by atoms with Gasteiger partial charge in [0.05, 0.1) is 6.61 Å². The van der Waals surface area contributed by atoms with E-state index in [-0.39, 0.29) is 35.7 Å². The van der Waals surface area contributed by atoms with Crippen LogP contribution in [0.25, 0.3) is 0 Å². The lowest BCUT2D eigenvalue weighted by atomic mass is 10.1. The number of nitrogens with one attached hydrogen (secondary N) is 3. The molecule has 0 atom stereocenters. The fourth-order valence-electron chi connectivity index (χ4n) is 3.60. The van der Waals surface area contributed by atoms with E-state index >= 15 is 0 Å². The van der Waals surface area contributed by atoms with E-state index in [0.29, 0.717) is 30.8 Å². The molecule has 9 heteroatoms. The van der Waals surface area contributed by atoms with Crippen molar-refractivity contribution in [1.82, 2.24) is 15.5 Å². The van der Waals surface area contributed by atoms with E-state index in [0.717, 1.165) is 32.5 Å². The van der Waals surface area contributed by atoms with Crippen LogP contribution in [0.4, 0.5) is 5.69 Å². The largest absolute Gasteiger partial charge is 0.466 e. The molecule has 0 fully saturated rings. The van der Waals surface area contributed by atoms with Crippen LogP contribution in [0.5, 0.6) is 0 Å². The Hall–Kier alpha value is -3.30. The molecule has 0 aliphatic carbocycles. The number of benzene rings is 2. The molecule has 0 aliphatic heterocycles. The topological polar surface area (TPSA) is 99.8 Å². The van der Waals surface area contributed by atoms with Gasteiger partial charge in [0, 0.05) is 37.2 Å². The number of aryl methyl sites for hydroxylation is 1. The molecule has 2 amide bonds. The zero-order valence-corrected chi connectivity index (χ0v) is 22.6. The maximum Gasteiger partial charge on any atom is 0.305 e. The fraction of sp³-hybridized carbons (Fsp3) is 0.429. The van der Waals surface area contributed by atoms with Gasteiger partial charge < -0.3 is 25.6 Å². The summed E-state index contributed by atoms with van der Waals surface area (Å²) in [6.45, 7) is 7.85. The summed E-state index contributed by atoms with van der Waals surface area (Å²) in [5.41, 5.74) is 2.42. The lowest BCUT2D eigenvalue weighted by Gasteiger charge is -2.18. The third-order valence-corrected chi connectivity index (χ3v) is 5.97. The van der Waals surface area contributed by atoms with Crippen LogP contribution in [0, 0.1) is 0 Å². The van der Waals surface area contributed by atoms with Gasteiger partial charge in [-0.05, 0) is 74.4 Å². The average Bonchev–Trinajstić information content (AvgIpc) is 2.90. The normalized spacial score (nSPS) is 10.6. The third-order valence-electron chi connectivity index (χ3n) is 5.77. The smallest absolute Gasteiger partial charge is 0.305 e. The molecule has 0 bridgehead atoms. The molecule has 0 unspecified atom stereocenters. The van der Waals surface area contributed by atoms with Crippen molar-refractivity contribution >= 4 is 40.8 Å². The number of hydrogen-bond acceptors (Lipinski definition) is 6. The second-order valence-corrected chi connectivity index (χ2v) is 8.93. The molecule has 0 heterocycles. The van der Waals surface area contributed by atoms with E-state index < -0.39 is 0 Å². The summed E-state index contributed by atoms with van der Waals surface area (Å²) in [6.07, 6.45) is 2.33. The second-order valence-electron chi connectivity index (χ2n) is 8.53. The number of carbonyl (C=O) groups is 3. The van der Waals surface area contributed by atoms with E-state index in [1.165, 1.54) is 5.56 Å². The lowest BCUT2D eigenvalue weighted by molar-refractivity contribution is -0.143. The summed E-state index contributed by atoms with van der Waals surface area (Å²) < 4.78 is 5.24. The van der Waals surface area contributed by atoms with E-state index in [9.17, 15) is 14.4 Å². The molecule has 37 heavy (non-hydrogen) atoms. The van der Waals surface area contributed by atoms with E-state index in [1.54, 1.807) is 24.3 Å². The van der Waals surface area contributed by atoms with Crippen LogP contribution >= 0.6 is 12.2 Å². The van der Waals surface area contributed by atoms with Crippen LogP contribution in [0.15, 0.2) is 54.6 Å². The number of rotatable bonds is 15. The van der Waals surface area contributed by atoms with Crippen molar-refractivity contribution in [2.45, 2.75) is 46.0 Å². The van der Waals surface area contributed by atoms with Crippen molar-refractivity contribution in [1.29, 1.82) is 0 Å². The van der Waals surface area contributed by atoms with Crippen LogP contribution in [0.3, 0.4) is 0 Å². The molecule has 0 saturated heterocycles. The summed E-state index contributed by atoms with van der Waals surface area (Å²) in [5, 5.41) is 8.61. The highest BCUT2D eigenvalue weighted by Crippen LogP contribution is 2.10. The minimum Gasteiger partial charge on any atom is -0.466 e. The van der Waals surface area contributed by atoms with E-state index in [2.05, 4.69) is 34.7 Å². The quantitative estimate of drug-likeness (QED) is 0.184. The number of thiocarbonyl (C=S) groups is 1. The summed E-state index contributed by atoms with van der Waals surface area (Å²) >= 11 is 5.20. The summed E-state index contributed by atoms with van der Waals surface area (Å²) in [5.74, 6) is -0.721. The van der Waals surface area contributed by atoms with E-state index in [4.69, 9.17) is 17.0 Å². The Morgan fingerprint density at radius 2 is 1.62 bits per heavy atom. The number of esters is 1. The number of carbonyl (C=O) groups excluding carboxylic acids is 3. The van der Waals surface area contributed by atoms with Gasteiger partial charge in [-0.2, -0.15) is 0 Å². The average molecular weight is 527 g/mol. The predicted octanol–water partition coefficient (Wildman–Crippen LogP) is 3.92. The van der Waals surface area contributed by atoms with Crippen molar-refractivity contribution in [3.63, 3.8) is 0 Å². The molecule has 0 radical (unpaired) electrons. The first-order valence-corrected chi connectivity index (χ1v) is 13.2. The van der Waals surface area contributed by atoms with Crippen LogP contribution in [-0.2, 0) is 20.7 Å². The molecule has 200 valence electrons. The van der Waals surface area contributed by atoms with Gasteiger partial charge >= 0.3 is 5.97 Å². The van der Waals surface area contributed by atoms with Crippen molar-refractivity contribution in [3.8, 4) is 0 Å². The highest BCUT2D eigenvalue weighted by atomic mass is 32.1. The van der Waals surface area contributed by atoms with Crippen molar-refractivity contribution in [2.75, 3.05) is 38.1 Å². The molecule has 3 N–H and O–H groups in total. The van der Waals surface area contributed by atoms with Gasteiger partial charge in [-0.25, -0.2) is 0 Å². The molecule has 0 saturated carbocycles. The van der Waals surface area contributed by atoms with Gasteiger partial charge in [0.25, 0.3) is 5.91 Å². The number of likely N-dealkylation sites (N-methyl/N-ethyl adjacent to an activating group) is 1. The predicted molar refractivity (Wildman–Crippen MR) is 150 cm³/mol. The maximum atomic E-state index is 12.3. The molecule has 2 rings (SSSR count). The minimum atomic E-state index is -0.307. The molecule has 0 spiro atoms. The molecule has 2 aromatic carbocycles. The highest BCUT2D eigenvalue weighted by Gasteiger charge is 2.10. The first kappa shape index (κ1) is 29.9. The van der Waals surface area contributed by atoms with Gasteiger partial charge in [0.1, 0.15) is 0 Å². The Kier molecular flexibility index (Phi) is 13.9. The van der Waals surface area contributed by atoms with Gasteiger partial charge in [-0.15, -0.1) is 0 Å². The van der Waals surface area contributed by atoms with Gasteiger partial charge in [0.2, 0.25) is 5.91 Å². The van der Waals surface area contributed by atoms with Gasteiger partial charge in [-0.3, -0.25) is 14.4 Å². The number of nitrogens with zero attached hydrogens (tertiary/aromatic N) is 1. The molecular formula is C28H38N4O4S. The minimum absolute atomic E-state index is 0.135. The van der Waals surface area contributed by atoms with Crippen LogP contribution in [0.1, 0.15) is 55.5 Å². The van der Waals surface area contributed by atoms with Crippen molar-refractivity contribution < 1.29 is 19.1 Å². The fourth-order valence-corrected chi connectivity index (χ4v) is 3.83.